The van der Waals surface area contributed by atoms with Crippen LogP contribution in [0, 0.1) is 6.07 Å². The van der Waals surface area contributed by atoms with Crippen molar-refractivity contribution in [1.29, 1.82) is 0 Å². The number of aliphatic hydroxyl groups is 2. The van der Waals surface area contributed by atoms with Gasteiger partial charge in [-0.3, -0.25) is 4.90 Å². The lowest BCUT2D eigenvalue weighted by molar-refractivity contribution is 0.0335. The number of para-hydroxylation sites is 1. The molecule has 0 spiro atoms. The second-order valence-electron chi connectivity index (χ2n) is 7.14. The van der Waals surface area contributed by atoms with Gasteiger partial charge in [0, 0.05) is 19.1 Å². The molecule has 4 heteroatoms. The van der Waals surface area contributed by atoms with Crippen molar-refractivity contribution in [3.8, 4) is 5.75 Å². The molecular formula is C25H28NO3. The molecule has 0 aliphatic carbocycles. The molecule has 0 aliphatic rings. The molecule has 3 aromatic rings. The third-order valence-electron chi connectivity index (χ3n) is 4.85. The maximum Gasteiger partial charge on any atom is 0.119 e. The Kier molecular flexibility index (Phi) is 8.25. The zero-order valence-corrected chi connectivity index (χ0v) is 16.5. The molecule has 4 nitrogen and oxygen atoms in total. The van der Waals surface area contributed by atoms with Crippen LogP contribution < -0.4 is 4.74 Å². The van der Waals surface area contributed by atoms with Crippen LogP contribution in [0.15, 0.2) is 84.9 Å². The third kappa shape index (κ3) is 7.02. The largest absolute Gasteiger partial charge is 0.491 e. The average Bonchev–Trinajstić information content (AvgIpc) is 2.78. The van der Waals surface area contributed by atoms with Crippen molar-refractivity contribution in [2.75, 3.05) is 19.8 Å². The number of hydrogen-bond acceptors (Lipinski definition) is 4. The Hall–Kier alpha value is -2.66. The number of nitrogens with zero attached hydrogens (tertiary/aromatic N) is 1. The molecule has 151 valence electrons. The van der Waals surface area contributed by atoms with Gasteiger partial charge in [-0.15, -0.1) is 0 Å². The van der Waals surface area contributed by atoms with Gasteiger partial charge < -0.3 is 14.9 Å². The molecule has 29 heavy (non-hydrogen) atoms. The van der Waals surface area contributed by atoms with E-state index >= 15 is 0 Å². The van der Waals surface area contributed by atoms with Gasteiger partial charge in [0.1, 0.15) is 18.5 Å². The van der Waals surface area contributed by atoms with Crippen LogP contribution in [-0.4, -0.2) is 47.0 Å². The molecular weight excluding hydrogens is 362 g/mol. The first-order valence-corrected chi connectivity index (χ1v) is 9.94. The van der Waals surface area contributed by atoms with Crippen LogP contribution in [0.5, 0.6) is 5.75 Å². The van der Waals surface area contributed by atoms with Crippen molar-refractivity contribution >= 4 is 0 Å². The minimum Gasteiger partial charge on any atom is -0.491 e. The van der Waals surface area contributed by atoms with Crippen molar-refractivity contribution in [3.05, 3.63) is 102 Å². The molecule has 0 saturated heterocycles. The summed E-state index contributed by atoms with van der Waals surface area (Å²) >= 11 is 0. The molecule has 0 fully saturated rings. The molecule has 1 radical (unpaired) electrons. The molecule has 0 heterocycles. The summed E-state index contributed by atoms with van der Waals surface area (Å²) in [4.78, 5) is 2.13. The van der Waals surface area contributed by atoms with E-state index in [1.165, 1.54) is 0 Å². The van der Waals surface area contributed by atoms with E-state index in [-0.39, 0.29) is 19.3 Å². The highest BCUT2D eigenvalue weighted by molar-refractivity contribution is 5.21. The third-order valence-corrected chi connectivity index (χ3v) is 4.85. The summed E-state index contributed by atoms with van der Waals surface area (Å²) < 4.78 is 5.71. The van der Waals surface area contributed by atoms with Crippen LogP contribution in [0.3, 0.4) is 0 Å². The maximum atomic E-state index is 10.6. The highest BCUT2D eigenvalue weighted by atomic mass is 16.5. The molecule has 0 unspecified atom stereocenters. The predicted octanol–water partition coefficient (Wildman–Crippen LogP) is 3.33. The summed E-state index contributed by atoms with van der Waals surface area (Å²) in [6.45, 7) is 1.27. The fraction of sp³-hybridized carbons (Fsp3) is 0.280. The topological polar surface area (TPSA) is 52.9 Å². The van der Waals surface area contributed by atoms with E-state index in [0.717, 1.165) is 16.9 Å². The highest BCUT2D eigenvalue weighted by Gasteiger charge is 2.22. The number of hydrogen-bond donors (Lipinski definition) is 2. The lowest BCUT2D eigenvalue weighted by Gasteiger charge is -2.32. The lowest BCUT2D eigenvalue weighted by Crippen LogP contribution is -2.44. The predicted molar refractivity (Wildman–Crippen MR) is 115 cm³/mol. The lowest BCUT2D eigenvalue weighted by atomic mass is 10.0. The van der Waals surface area contributed by atoms with E-state index in [4.69, 9.17) is 4.74 Å². The number of aliphatic hydroxyl groups excluding tert-OH is 2. The van der Waals surface area contributed by atoms with Crippen LogP contribution in [0.4, 0.5) is 0 Å². The summed E-state index contributed by atoms with van der Waals surface area (Å²) in [7, 11) is 0. The zero-order valence-electron chi connectivity index (χ0n) is 16.5. The Morgan fingerprint density at radius 2 is 1.52 bits per heavy atom. The molecule has 2 N–H and O–H groups in total. The summed E-state index contributed by atoms with van der Waals surface area (Å²) in [5, 5.41) is 20.7. The standard InChI is InChI=1S/C25H28NO3/c27-19-23(16-21-10-4-1-5-11-21)26(17-22-12-6-2-7-13-22)18-24(28)20-29-25-14-8-3-9-15-25/h2-15,23-24,27-28H,16-20H2/t23-,24-/m0/s1. The highest BCUT2D eigenvalue weighted by Crippen LogP contribution is 2.15. The minimum atomic E-state index is -0.669. The Morgan fingerprint density at radius 3 is 2.17 bits per heavy atom. The van der Waals surface area contributed by atoms with E-state index in [0.29, 0.717) is 19.5 Å². The van der Waals surface area contributed by atoms with Gasteiger partial charge in [-0.2, -0.15) is 0 Å². The van der Waals surface area contributed by atoms with Crippen molar-refractivity contribution in [1.82, 2.24) is 4.90 Å². The van der Waals surface area contributed by atoms with Gasteiger partial charge in [-0.25, -0.2) is 0 Å². The molecule has 0 aromatic heterocycles. The molecule has 3 aromatic carbocycles. The fourth-order valence-electron chi connectivity index (χ4n) is 3.33. The van der Waals surface area contributed by atoms with Gasteiger partial charge in [-0.1, -0.05) is 72.8 Å². The van der Waals surface area contributed by atoms with E-state index in [1.807, 2.05) is 72.8 Å². The number of rotatable bonds is 11. The Morgan fingerprint density at radius 1 is 0.862 bits per heavy atom. The van der Waals surface area contributed by atoms with Crippen molar-refractivity contribution in [2.45, 2.75) is 25.1 Å². The van der Waals surface area contributed by atoms with Gasteiger partial charge in [-0.05, 0) is 35.7 Å². The maximum absolute atomic E-state index is 10.6. The number of benzene rings is 3. The van der Waals surface area contributed by atoms with Gasteiger partial charge in [0.15, 0.2) is 0 Å². The first-order chi connectivity index (χ1) is 14.2. The van der Waals surface area contributed by atoms with Crippen LogP contribution >= 0.6 is 0 Å². The fourth-order valence-corrected chi connectivity index (χ4v) is 3.33. The molecule has 0 saturated carbocycles. The van der Waals surface area contributed by atoms with E-state index < -0.39 is 6.10 Å². The first-order valence-electron chi connectivity index (χ1n) is 9.94. The Labute approximate surface area is 173 Å². The Bertz CT molecular complexity index is 811. The second kappa shape index (κ2) is 11.4. The SMILES string of the molecule is OC[C@H](Cc1cc[c]cc1)N(Cc1ccccc1)C[C@H](O)COc1ccccc1. The molecule has 0 aliphatic heterocycles. The van der Waals surface area contributed by atoms with Crippen molar-refractivity contribution in [3.63, 3.8) is 0 Å². The van der Waals surface area contributed by atoms with E-state index in [9.17, 15) is 10.2 Å². The van der Waals surface area contributed by atoms with Crippen LogP contribution in [0.25, 0.3) is 0 Å². The molecule has 3 rings (SSSR count). The van der Waals surface area contributed by atoms with Crippen LogP contribution in [0.1, 0.15) is 11.1 Å². The van der Waals surface area contributed by atoms with Crippen molar-refractivity contribution < 1.29 is 14.9 Å². The first kappa shape index (κ1) is 21.1. The van der Waals surface area contributed by atoms with Gasteiger partial charge in [0.2, 0.25) is 0 Å². The molecule has 2 atom stereocenters. The van der Waals surface area contributed by atoms with Crippen molar-refractivity contribution in [2.24, 2.45) is 0 Å². The summed E-state index contributed by atoms with van der Waals surface area (Å²) in [5.41, 5.74) is 2.28. The number of ether oxygens (including phenoxy) is 1. The van der Waals surface area contributed by atoms with E-state index in [2.05, 4.69) is 23.1 Å². The quantitative estimate of drug-likeness (QED) is 0.527. The summed E-state index contributed by atoms with van der Waals surface area (Å²) in [6, 6.07) is 30.3. The molecule has 0 bridgehead atoms. The summed E-state index contributed by atoms with van der Waals surface area (Å²) in [6.07, 6.45) is 0.0293. The Balaban J connectivity index is 1.67. The van der Waals surface area contributed by atoms with Crippen LogP contribution in [-0.2, 0) is 13.0 Å². The van der Waals surface area contributed by atoms with E-state index in [1.54, 1.807) is 0 Å². The molecule has 0 amide bonds. The second-order valence-corrected chi connectivity index (χ2v) is 7.14. The van der Waals surface area contributed by atoms with Gasteiger partial charge in [0.25, 0.3) is 0 Å². The average molecular weight is 391 g/mol. The van der Waals surface area contributed by atoms with Gasteiger partial charge >= 0.3 is 0 Å². The normalized spacial score (nSPS) is 13.2. The summed E-state index contributed by atoms with van der Waals surface area (Å²) in [5.74, 6) is 0.736. The monoisotopic (exact) mass is 390 g/mol. The van der Waals surface area contributed by atoms with Crippen LogP contribution in [0.2, 0.25) is 0 Å². The zero-order chi connectivity index (χ0) is 20.3. The van der Waals surface area contributed by atoms with Gasteiger partial charge in [0.05, 0.1) is 6.61 Å². The smallest absolute Gasteiger partial charge is 0.119 e. The minimum absolute atomic E-state index is 0.0116.